The Kier molecular flexibility index (Phi) is 4.79. The van der Waals surface area contributed by atoms with Gasteiger partial charge in [0.1, 0.15) is 11.6 Å². The number of carbonyl (C=O) groups is 1. The van der Waals surface area contributed by atoms with E-state index in [1.165, 1.54) is 0 Å². The molecule has 6 nitrogen and oxygen atoms in total. The van der Waals surface area contributed by atoms with Crippen molar-refractivity contribution in [3.63, 3.8) is 0 Å². The fourth-order valence-corrected chi connectivity index (χ4v) is 2.52. The Labute approximate surface area is 146 Å². The maximum Gasteiger partial charge on any atom is 0.255 e. The lowest BCUT2D eigenvalue weighted by molar-refractivity contribution is 0.102. The van der Waals surface area contributed by atoms with Crippen LogP contribution in [0.25, 0.3) is 11.4 Å². The first-order valence-electron chi connectivity index (χ1n) is 8.09. The molecule has 0 spiro atoms. The summed E-state index contributed by atoms with van der Waals surface area (Å²) in [6.07, 6.45) is 0.769. The lowest BCUT2D eigenvalue weighted by Crippen LogP contribution is -2.13. The van der Waals surface area contributed by atoms with E-state index < -0.39 is 0 Å². The summed E-state index contributed by atoms with van der Waals surface area (Å²) < 4.78 is 5.29. The van der Waals surface area contributed by atoms with Crippen LogP contribution in [-0.4, -0.2) is 28.2 Å². The lowest BCUT2D eigenvalue weighted by Gasteiger charge is -2.11. The third-order valence-electron chi connectivity index (χ3n) is 3.95. The van der Waals surface area contributed by atoms with Gasteiger partial charge in [0.05, 0.1) is 12.8 Å². The minimum atomic E-state index is -0.211. The monoisotopic (exact) mass is 336 g/mol. The summed E-state index contributed by atoms with van der Waals surface area (Å²) in [5.41, 5.74) is 2.94. The second kappa shape index (κ2) is 7.17. The molecule has 25 heavy (non-hydrogen) atoms. The zero-order chi connectivity index (χ0) is 17.8. The minimum Gasteiger partial charge on any atom is -0.496 e. The van der Waals surface area contributed by atoms with Gasteiger partial charge in [-0.25, -0.2) is 4.98 Å². The van der Waals surface area contributed by atoms with E-state index in [-0.39, 0.29) is 5.91 Å². The number of hydrogen-bond donors (Lipinski definition) is 2. The summed E-state index contributed by atoms with van der Waals surface area (Å²) in [6.45, 7) is 3.94. The number of anilines is 1. The zero-order valence-electron chi connectivity index (χ0n) is 14.5. The van der Waals surface area contributed by atoms with Crippen molar-refractivity contribution >= 4 is 11.6 Å². The highest BCUT2D eigenvalue weighted by atomic mass is 16.5. The number of H-pyrrole nitrogens is 1. The molecule has 1 aromatic heterocycles. The number of benzene rings is 2. The van der Waals surface area contributed by atoms with Crippen LogP contribution in [-0.2, 0) is 6.42 Å². The Morgan fingerprint density at radius 1 is 1.24 bits per heavy atom. The fourth-order valence-electron chi connectivity index (χ4n) is 2.52. The molecule has 0 unspecified atom stereocenters. The van der Waals surface area contributed by atoms with Gasteiger partial charge in [-0.1, -0.05) is 25.1 Å². The van der Waals surface area contributed by atoms with Crippen molar-refractivity contribution < 1.29 is 9.53 Å². The van der Waals surface area contributed by atoms with Crippen LogP contribution in [0.2, 0.25) is 0 Å². The van der Waals surface area contributed by atoms with Gasteiger partial charge in [0.15, 0.2) is 5.82 Å². The molecule has 0 saturated heterocycles. The number of carbonyl (C=O) groups excluding carboxylic acids is 1. The van der Waals surface area contributed by atoms with Crippen LogP contribution in [0.4, 0.5) is 5.69 Å². The van der Waals surface area contributed by atoms with Crippen molar-refractivity contribution in [3.8, 4) is 17.1 Å². The van der Waals surface area contributed by atoms with Crippen LogP contribution in [0.5, 0.6) is 5.75 Å². The molecule has 1 amide bonds. The molecule has 3 aromatic rings. The third kappa shape index (κ3) is 3.52. The van der Waals surface area contributed by atoms with Crippen LogP contribution in [0.15, 0.2) is 42.5 Å². The first-order chi connectivity index (χ1) is 12.1. The van der Waals surface area contributed by atoms with E-state index >= 15 is 0 Å². The zero-order valence-corrected chi connectivity index (χ0v) is 14.5. The average Bonchev–Trinajstić information content (AvgIpc) is 3.11. The van der Waals surface area contributed by atoms with Crippen LogP contribution in [0.1, 0.15) is 28.7 Å². The highest BCUT2D eigenvalue weighted by Crippen LogP contribution is 2.26. The molecule has 0 radical (unpaired) electrons. The normalized spacial score (nSPS) is 10.5. The summed E-state index contributed by atoms with van der Waals surface area (Å²) in [5, 5.41) is 10.1. The number of aryl methyl sites for hydroxylation is 2. The molecule has 0 atom stereocenters. The lowest BCUT2D eigenvalue weighted by atomic mass is 10.1. The number of methoxy groups -OCH3 is 1. The van der Waals surface area contributed by atoms with Gasteiger partial charge < -0.3 is 10.1 Å². The maximum atomic E-state index is 12.6. The molecule has 128 valence electrons. The number of nitrogens with one attached hydrogen (secondary N) is 2. The molecule has 2 N–H and O–H groups in total. The van der Waals surface area contributed by atoms with Crippen molar-refractivity contribution in [2.24, 2.45) is 0 Å². The second-order valence-electron chi connectivity index (χ2n) is 5.64. The van der Waals surface area contributed by atoms with Gasteiger partial charge in [-0.2, -0.15) is 5.10 Å². The van der Waals surface area contributed by atoms with Crippen LogP contribution < -0.4 is 10.1 Å². The molecule has 0 fully saturated rings. The van der Waals surface area contributed by atoms with Crippen molar-refractivity contribution in [1.82, 2.24) is 15.2 Å². The van der Waals surface area contributed by atoms with E-state index in [9.17, 15) is 4.79 Å². The van der Waals surface area contributed by atoms with Gasteiger partial charge in [-0.3, -0.25) is 9.89 Å². The molecule has 1 heterocycles. The maximum absolute atomic E-state index is 12.6. The molecule has 0 aliphatic rings. The van der Waals surface area contributed by atoms with Crippen molar-refractivity contribution in [1.29, 1.82) is 0 Å². The van der Waals surface area contributed by atoms with Crippen molar-refractivity contribution in [3.05, 3.63) is 59.4 Å². The van der Waals surface area contributed by atoms with Gasteiger partial charge in [-0.15, -0.1) is 0 Å². The predicted molar refractivity (Wildman–Crippen MR) is 96.9 cm³/mol. The average molecular weight is 336 g/mol. The Hall–Kier alpha value is -3.15. The van der Waals surface area contributed by atoms with Crippen molar-refractivity contribution in [2.75, 3.05) is 12.4 Å². The predicted octanol–water partition coefficient (Wildman–Crippen LogP) is 3.60. The first kappa shape index (κ1) is 16.7. The van der Waals surface area contributed by atoms with Gasteiger partial charge in [-0.05, 0) is 36.8 Å². The van der Waals surface area contributed by atoms with E-state index in [1.807, 2.05) is 44.2 Å². The topological polar surface area (TPSA) is 79.9 Å². The van der Waals surface area contributed by atoms with E-state index in [0.717, 1.165) is 23.4 Å². The fraction of sp³-hybridized carbons (Fsp3) is 0.211. The number of rotatable bonds is 5. The summed E-state index contributed by atoms with van der Waals surface area (Å²) in [6, 6.07) is 12.8. The quantitative estimate of drug-likeness (QED) is 0.746. The number of hydrogen-bond acceptors (Lipinski definition) is 4. The molecular weight excluding hydrogens is 316 g/mol. The highest BCUT2D eigenvalue weighted by molar-refractivity contribution is 6.06. The van der Waals surface area contributed by atoms with Crippen LogP contribution in [0.3, 0.4) is 0 Å². The molecule has 0 aliphatic heterocycles. The largest absolute Gasteiger partial charge is 0.496 e. The number of nitrogens with zero attached hydrogens (tertiary/aromatic N) is 2. The summed E-state index contributed by atoms with van der Waals surface area (Å²) >= 11 is 0. The number of amides is 1. The Morgan fingerprint density at radius 2 is 2.04 bits per heavy atom. The SMILES string of the molecule is CCc1nc(-c2ccccc2NC(=O)c2ccc(C)c(OC)c2)n[nH]1. The molecule has 0 bridgehead atoms. The number of aromatic amines is 1. The molecular formula is C19H20N4O2. The summed E-state index contributed by atoms with van der Waals surface area (Å²) in [5.74, 6) is 1.84. The minimum absolute atomic E-state index is 0.211. The molecule has 6 heteroatoms. The third-order valence-corrected chi connectivity index (χ3v) is 3.95. The highest BCUT2D eigenvalue weighted by Gasteiger charge is 2.14. The van der Waals surface area contributed by atoms with Gasteiger partial charge in [0, 0.05) is 17.5 Å². The van der Waals surface area contributed by atoms with E-state index in [0.29, 0.717) is 22.8 Å². The molecule has 0 aliphatic carbocycles. The Bertz CT molecular complexity index is 902. The second-order valence-corrected chi connectivity index (χ2v) is 5.64. The Morgan fingerprint density at radius 3 is 2.76 bits per heavy atom. The smallest absolute Gasteiger partial charge is 0.255 e. The number of aromatic nitrogens is 3. The number of ether oxygens (including phenoxy) is 1. The van der Waals surface area contributed by atoms with E-state index in [1.54, 1.807) is 19.2 Å². The van der Waals surface area contributed by atoms with Crippen molar-refractivity contribution in [2.45, 2.75) is 20.3 Å². The first-order valence-corrected chi connectivity index (χ1v) is 8.09. The van der Waals surface area contributed by atoms with Crippen LogP contribution >= 0.6 is 0 Å². The standard InChI is InChI=1S/C19H20N4O2/c1-4-17-21-18(23-22-17)14-7-5-6-8-15(14)20-19(24)13-10-9-12(2)16(11-13)25-3/h5-11H,4H2,1-3H3,(H,20,24)(H,21,22,23). The number of para-hydroxylation sites is 1. The molecule has 0 saturated carbocycles. The summed E-state index contributed by atoms with van der Waals surface area (Å²) in [4.78, 5) is 17.1. The molecule has 3 rings (SSSR count). The van der Waals surface area contributed by atoms with E-state index in [2.05, 4.69) is 20.5 Å². The van der Waals surface area contributed by atoms with Gasteiger partial charge in [0.25, 0.3) is 5.91 Å². The van der Waals surface area contributed by atoms with Crippen LogP contribution in [0, 0.1) is 6.92 Å². The van der Waals surface area contributed by atoms with E-state index in [4.69, 9.17) is 4.74 Å². The van der Waals surface area contributed by atoms with Gasteiger partial charge >= 0.3 is 0 Å². The molecule has 2 aromatic carbocycles. The Balaban J connectivity index is 1.89. The van der Waals surface area contributed by atoms with Gasteiger partial charge in [0.2, 0.25) is 0 Å². The summed E-state index contributed by atoms with van der Waals surface area (Å²) in [7, 11) is 1.59.